The summed E-state index contributed by atoms with van der Waals surface area (Å²) < 4.78 is 0. The Labute approximate surface area is 131 Å². The van der Waals surface area contributed by atoms with Crippen molar-refractivity contribution >= 4 is 29.5 Å². The fourth-order valence-electron chi connectivity index (χ4n) is 1.50. The van der Waals surface area contributed by atoms with Crippen LogP contribution in [0, 0.1) is 0 Å². The Balaban J connectivity index is 3.23. The van der Waals surface area contributed by atoms with Gasteiger partial charge in [-0.1, -0.05) is 38.3 Å². The number of hydrogen-bond donors (Lipinski definition) is 1. The molecule has 0 heterocycles. The smallest absolute Gasteiger partial charge is 0.303 e. The second kappa shape index (κ2) is 16.4. The molecule has 4 heteroatoms. The molecule has 0 atom stereocenters. The molecule has 0 aliphatic heterocycles. The van der Waals surface area contributed by atoms with E-state index in [1.54, 1.807) is 23.5 Å². The molecular weight excluding hydrogens is 288 g/mol. The highest BCUT2D eigenvalue weighted by atomic mass is 32.2. The Morgan fingerprint density at radius 1 is 0.900 bits per heavy atom. The SMILES string of the molecule is CC/C=C\S/C=C\S/C=C\CCCCCCCC(=O)O. The van der Waals surface area contributed by atoms with Crippen LogP contribution in [0.2, 0.25) is 0 Å². The zero-order chi connectivity index (χ0) is 14.9. The van der Waals surface area contributed by atoms with Gasteiger partial charge in [0.1, 0.15) is 0 Å². The number of rotatable bonds is 13. The molecule has 0 amide bonds. The van der Waals surface area contributed by atoms with Gasteiger partial charge in [-0.15, -0.1) is 23.5 Å². The van der Waals surface area contributed by atoms with Gasteiger partial charge in [-0.05, 0) is 47.3 Å². The molecule has 0 bridgehead atoms. The lowest BCUT2D eigenvalue weighted by atomic mass is 10.1. The van der Waals surface area contributed by atoms with Gasteiger partial charge in [-0.25, -0.2) is 0 Å². The fourth-order valence-corrected chi connectivity index (χ4v) is 2.74. The molecule has 20 heavy (non-hydrogen) atoms. The molecule has 0 aromatic carbocycles. The van der Waals surface area contributed by atoms with Gasteiger partial charge >= 0.3 is 5.97 Å². The highest BCUT2D eigenvalue weighted by Gasteiger charge is 1.95. The van der Waals surface area contributed by atoms with Gasteiger partial charge in [0.05, 0.1) is 0 Å². The van der Waals surface area contributed by atoms with E-state index in [-0.39, 0.29) is 0 Å². The predicted molar refractivity (Wildman–Crippen MR) is 92.8 cm³/mol. The van der Waals surface area contributed by atoms with Crippen LogP contribution in [0.15, 0.2) is 33.8 Å². The number of unbranched alkanes of at least 4 members (excludes halogenated alkanes) is 5. The van der Waals surface area contributed by atoms with E-state index in [0.717, 1.165) is 32.1 Å². The molecule has 0 unspecified atom stereocenters. The van der Waals surface area contributed by atoms with E-state index in [2.05, 4.69) is 40.7 Å². The molecule has 0 aliphatic rings. The standard InChI is InChI=1S/C16H26O2S2/c1-2-3-12-19-14-15-20-13-10-8-6-4-5-7-9-11-16(17)18/h3,10,12-15H,2,4-9,11H2,1H3,(H,17,18)/b12-3-,13-10-,15-14-. The molecule has 2 nitrogen and oxygen atoms in total. The minimum absolute atomic E-state index is 0.314. The summed E-state index contributed by atoms with van der Waals surface area (Å²) in [6.07, 6.45) is 12.3. The van der Waals surface area contributed by atoms with Crippen LogP contribution in [-0.4, -0.2) is 11.1 Å². The van der Waals surface area contributed by atoms with Gasteiger partial charge < -0.3 is 5.11 Å². The van der Waals surface area contributed by atoms with Crippen molar-refractivity contribution in [2.45, 2.75) is 58.3 Å². The van der Waals surface area contributed by atoms with Crippen molar-refractivity contribution in [2.75, 3.05) is 0 Å². The van der Waals surface area contributed by atoms with Gasteiger partial charge in [-0.3, -0.25) is 4.79 Å². The Bertz CT molecular complexity index is 310. The van der Waals surface area contributed by atoms with E-state index in [1.807, 2.05) is 0 Å². The second-order valence-corrected chi connectivity index (χ2v) is 6.03. The molecule has 0 aliphatic carbocycles. The van der Waals surface area contributed by atoms with Crippen molar-refractivity contribution in [3.05, 3.63) is 33.8 Å². The normalized spacial score (nSPS) is 12.1. The van der Waals surface area contributed by atoms with Crippen LogP contribution >= 0.6 is 23.5 Å². The van der Waals surface area contributed by atoms with Crippen molar-refractivity contribution < 1.29 is 9.90 Å². The van der Waals surface area contributed by atoms with E-state index in [9.17, 15) is 4.79 Å². The lowest BCUT2D eigenvalue weighted by Crippen LogP contribution is -1.93. The summed E-state index contributed by atoms with van der Waals surface area (Å²) in [4.78, 5) is 10.3. The van der Waals surface area contributed by atoms with E-state index in [0.29, 0.717) is 6.42 Å². The van der Waals surface area contributed by atoms with Crippen LogP contribution in [0.3, 0.4) is 0 Å². The van der Waals surface area contributed by atoms with Crippen molar-refractivity contribution in [1.29, 1.82) is 0 Å². The Morgan fingerprint density at radius 3 is 2.15 bits per heavy atom. The first-order valence-electron chi connectivity index (χ1n) is 7.25. The summed E-state index contributed by atoms with van der Waals surface area (Å²) in [7, 11) is 0. The molecule has 114 valence electrons. The van der Waals surface area contributed by atoms with Gasteiger partial charge in [0.15, 0.2) is 0 Å². The molecule has 0 rings (SSSR count). The third kappa shape index (κ3) is 17.4. The topological polar surface area (TPSA) is 37.3 Å². The van der Waals surface area contributed by atoms with E-state index in [1.165, 1.54) is 12.8 Å². The molecule has 0 saturated heterocycles. The van der Waals surface area contributed by atoms with Gasteiger partial charge in [0.2, 0.25) is 0 Å². The molecule has 0 aromatic heterocycles. The molecule has 0 fully saturated rings. The van der Waals surface area contributed by atoms with Crippen molar-refractivity contribution in [2.24, 2.45) is 0 Å². The number of carbonyl (C=O) groups is 1. The molecule has 0 radical (unpaired) electrons. The monoisotopic (exact) mass is 314 g/mol. The van der Waals surface area contributed by atoms with E-state index < -0.39 is 5.97 Å². The maximum atomic E-state index is 10.3. The predicted octanol–water partition coefficient (Wildman–Crippen LogP) is 6.18. The highest BCUT2D eigenvalue weighted by Crippen LogP contribution is 2.13. The number of allylic oxidation sites excluding steroid dienone is 2. The minimum atomic E-state index is -0.679. The number of thioether (sulfide) groups is 2. The van der Waals surface area contributed by atoms with E-state index in [4.69, 9.17) is 5.11 Å². The largest absolute Gasteiger partial charge is 0.481 e. The average Bonchev–Trinajstić information content (AvgIpc) is 2.43. The van der Waals surface area contributed by atoms with Crippen LogP contribution < -0.4 is 0 Å². The van der Waals surface area contributed by atoms with Crippen molar-refractivity contribution in [3.63, 3.8) is 0 Å². The molecule has 0 aromatic rings. The van der Waals surface area contributed by atoms with E-state index >= 15 is 0 Å². The van der Waals surface area contributed by atoms with Crippen LogP contribution in [0.5, 0.6) is 0 Å². The van der Waals surface area contributed by atoms with Gasteiger partial charge in [0.25, 0.3) is 0 Å². The summed E-state index contributed by atoms with van der Waals surface area (Å²) in [6, 6.07) is 0. The van der Waals surface area contributed by atoms with Crippen LogP contribution in [-0.2, 0) is 4.79 Å². The average molecular weight is 315 g/mol. The van der Waals surface area contributed by atoms with Gasteiger partial charge in [-0.2, -0.15) is 0 Å². The molecule has 0 saturated carbocycles. The van der Waals surface area contributed by atoms with Gasteiger partial charge in [0, 0.05) is 6.42 Å². The number of carboxylic acid groups (broad SMARTS) is 1. The summed E-state index contributed by atoms with van der Waals surface area (Å²) in [5.74, 6) is -0.679. The quantitative estimate of drug-likeness (QED) is 0.412. The van der Waals surface area contributed by atoms with Crippen LogP contribution in [0.25, 0.3) is 0 Å². The van der Waals surface area contributed by atoms with Crippen molar-refractivity contribution in [3.8, 4) is 0 Å². The first-order valence-corrected chi connectivity index (χ1v) is 9.13. The molecule has 0 spiro atoms. The zero-order valence-corrected chi connectivity index (χ0v) is 13.9. The lowest BCUT2D eigenvalue weighted by molar-refractivity contribution is -0.137. The third-order valence-corrected chi connectivity index (χ3v) is 4.02. The number of aliphatic carboxylic acids is 1. The summed E-state index contributed by atoms with van der Waals surface area (Å²) in [5.41, 5.74) is 0. The molecular formula is C16H26O2S2. The lowest BCUT2D eigenvalue weighted by Gasteiger charge is -1.97. The zero-order valence-electron chi connectivity index (χ0n) is 12.3. The Hall–Kier alpha value is -0.610. The highest BCUT2D eigenvalue weighted by molar-refractivity contribution is 8.08. The Morgan fingerprint density at radius 2 is 1.50 bits per heavy atom. The third-order valence-electron chi connectivity index (χ3n) is 2.56. The fraction of sp³-hybridized carbons (Fsp3) is 0.562. The summed E-state index contributed by atoms with van der Waals surface area (Å²) >= 11 is 3.41. The van der Waals surface area contributed by atoms with Crippen molar-refractivity contribution in [1.82, 2.24) is 0 Å². The number of carboxylic acids is 1. The summed E-state index contributed by atoms with van der Waals surface area (Å²) in [5, 5.41) is 16.9. The first kappa shape index (κ1) is 19.4. The Kier molecular flexibility index (Phi) is 15.9. The molecule has 1 N–H and O–H groups in total. The summed E-state index contributed by atoms with van der Waals surface area (Å²) in [6.45, 7) is 2.13. The van der Waals surface area contributed by atoms with Crippen LogP contribution in [0.4, 0.5) is 0 Å². The maximum absolute atomic E-state index is 10.3. The van der Waals surface area contributed by atoms with Crippen LogP contribution in [0.1, 0.15) is 58.3 Å². The number of hydrogen-bond acceptors (Lipinski definition) is 3. The first-order chi connectivity index (χ1) is 9.77. The minimum Gasteiger partial charge on any atom is -0.481 e. The maximum Gasteiger partial charge on any atom is 0.303 e. The second-order valence-electron chi connectivity index (χ2n) is 4.40.